The molecule has 0 radical (unpaired) electrons. The van der Waals surface area contributed by atoms with Gasteiger partial charge in [-0.2, -0.15) is 5.16 Å². The van der Waals surface area contributed by atoms with E-state index in [-0.39, 0.29) is 5.63 Å². The molecule has 0 saturated heterocycles. The largest absolute Gasteiger partial charge is 0.367 e. The van der Waals surface area contributed by atoms with Crippen LogP contribution in [0.4, 0.5) is 0 Å². The number of aromatic amines is 1. The normalized spacial score (nSPS) is 11.0. The predicted molar refractivity (Wildman–Crippen MR) is 51.8 cm³/mol. The van der Waals surface area contributed by atoms with Crippen molar-refractivity contribution in [2.45, 2.75) is 13.8 Å². The summed E-state index contributed by atoms with van der Waals surface area (Å²) in [4.78, 5) is 15.4. The Kier molecular flexibility index (Phi) is 1.76. The maximum atomic E-state index is 11.2. The summed E-state index contributed by atoms with van der Waals surface area (Å²) < 4.78 is 5.50. The molecule has 2 aromatic rings. The Bertz CT molecular complexity index is 527. The summed E-state index contributed by atoms with van der Waals surface area (Å²) in [7, 11) is 0. The Hall–Kier alpha value is -1.10. The van der Waals surface area contributed by atoms with Crippen LogP contribution in [0.5, 0.6) is 0 Å². The highest BCUT2D eigenvalue weighted by molar-refractivity contribution is 9.10. The fraction of sp³-hybridized carbons (Fsp3) is 0.250. The van der Waals surface area contributed by atoms with Crippen molar-refractivity contribution in [1.82, 2.24) is 10.1 Å². The Morgan fingerprint density at radius 1 is 1.46 bits per heavy atom. The van der Waals surface area contributed by atoms with Crippen molar-refractivity contribution in [3.63, 3.8) is 0 Å². The van der Waals surface area contributed by atoms with E-state index >= 15 is 0 Å². The monoisotopic (exact) mass is 242 g/mol. The van der Waals surface area contributed by atoms with Gasteiger partial charge in [-0.05, 0) is 35.3 Å². The second-order valence-corrected chi connectivity index (χ2v) is 3.64. The van der Waals surface area contributed by atoms with Crippen LogP contribution < -0.4 is 5.63 Å². The van der Waals surface area contributed by atoms with Crippen LogP contribution in [0.2, 0.25) is 0 Å². The van der Waals surface area contributed by atoms with Gasteiger partial charge in [0.15, 0.2) is 5.65 Å². The van der Waals surface area contributed by atoms with E-state index in [0.717, 1.165) is 15.7 Å². The Morgan fingerprint density at radius 3 is 2.85 bits per heavy atom. The maximum Gasteiger partial charge on any atom is 0.367 e. The molecule has 0 aliphatic heterocycles. The molecule has 0 unspecified atom stereocenters. The highest BCUT2D eigenvalue weighted by Crippen LogP contribution is 2.23. The highest BCUT2D eigenvalue weighted by atomic mass is 79.9. The first-order valence-electron chi connectivity index (χ1n) is 3.75. The van der Waals surface area contributed by atoms with Gasteiger partial charge in [-0.25, -0.2) is 9.78 Å². The van der Waals surface area contributed by atoms with Crippen molar-refractivity contribution in [1.29, 1.82) is 0 Å². The lowest BCUT2D eigenvalue weighted by Crippen LogP contribution is -1.97. The van der Waals surface area contributed by atoms with Crippen LogP contribution in [0.15, 0.2) is 13.8 Å². The van der Waals surface area contributed by atoms with Gasteiger partial charge in [-0.15, -0.1) is 0 Å². The summed E-state index contributed by atoms with van der Waals surface area (Å²) in [5.41, 5.74) is 1.82. The number of nitrogens with zero attached hydrogens (tertiary/aromatic N) is 1. The number of H-pyrrole nitrogens is 1. The van der Waals surface area contributed by atoms with Crippen molar-refractivity contribution in [2.24, 2.45) is 0 Å². The summed E-state index contributed by atoms with van der Waals surface area (Å²) in [6, 6.07) is 0. The third-order valence-corrected chi connectivity index (χ3v) is 3.15. The average Bonchev–Trinajstić information content (AvgIpc) is 2.43. The van der Waals surface area contributed by atoms with Crippen LogP contribution in [0, 0.1) is 13.8 Å². The van der Waals surface area contributed by atoms with Crippen molar-refractivity contribution < 1.29 is 4.52 Å². The Balaban J connectivity index is 3.06. The van der Waals surface area contributed by atoms with Gasteiger partial charge in [0.2, 0.25) is 0 Å². The second-order valence-electron chi connectivity index (χ2n) is 2.85. The minimum absolute atomic E-state index is 0.374. The molecule has 1 N–H and O–H groups in total. The van der Waals surface area contributed by atoms with E-state index in [1.807, 2.05) is 13.8 Å². The molecular formula is C8H7BrN2O2. The molecule has 0 bridgehead atoms. The zero-order valence-electron chi connectivity index (χ0n) is 7.14. The number of nitrogens with one attached hydrogen (secondary N) is 1. The molecule has 0 saturated carbocycles. The molecule has 68 valence electrons. The van der Waals surface area contributed by atoms with Crippen LogP contribution in [0.25, 0.3) is 11.0 Å². The number of rotatable bonds is 0. The molecule has 13 heavy (non-hydrogen) atoms. The molecule has 0 aromatic carbocycles. The first kappa shape index (κ1) is 8.50. The lowest BCUT2D eigenvalue weighted by molar-refractivity contribution is 0.398. The minimum atomic E-state index is -0.374. The first-order valence-corrected chi connectivity index (χ1v) is 4.54. The molecule has 0 aliphatic rings. The Morgan fingerprint density at radius 2 is 2.15 bits per heavy atom. The summed E-state index contributed by atoms with van der Waals surface area (Å²) in [5.74, 6) is 0. The first-order chi connectivity index (χ1) is 6.11. The lowest BCUT2D eigenvalue weighted by atomic mass is 10.2. The van der Waals surface area contributed by atoms with E-state index in [1.54, 1.807) is 0 Å². The quantitative estimate of drug-likeness (QED) is 0.768. The van der Waals surface area contributed by atoms with Crippen LogP contribution >= 0.6 is 15.9 Å². The molecule has 0 aliphatic carbocycles. The zero-order chi connectivity index (χ0) is 9.59. The van der Waals surface area contributed by atoms with Gasteiger partial charge in [0, 0.05) is 4.47 Å². The Labute approximate surface area is 82.1 Å². The number of aromatic nitrogens is 2. The number of aryl methyl sites for hydroxylation is 2. The average molecular weight is 243 g/mol. The minimum Gasteiger partial charge on any atom is -0.336 e. The topological polar surface area (TPSA) is 58.9 Å². The van der Waals surface area contributed by atoms with Crippen LogP contribution in [0.3, 0.4) is 0 Å². The standard InChI is InChI=1S/C8H7BrN2O2/c1-3-5-7(11-13-8(5)12)10-4(2)6(3)9/h1-2H3,(H,10,11). The van der Waals surface area contributed by atoms with Crippen molar-refractivity contribution >= 4 is 27.0 Å². The van der Waals surface area contributed by atoms with E-state index < -0.39 is 0 Å². The van der Waals surface area contributed by atoms with E-state index in [9.17, 15) is 4.79 Å². The van der Waals surface area contributed by atoms with Crippen molar-refractivity contribution in [3.8, 4) is 0 Å². The van der Waals surface area contributed by atoms with Gasteiger partial charge in [-0.1, -0.05) is 0 Å². The fourth-order valence-electron chi connectivity index (χ4n) is 1.30. The lowest BCUT2D eigenvalue weighted by Gasteiger charge is -2.00. The number of fused-ring (bicyclic) bond motifs is 1. The molecule has 2 aromatic heterocycles. The van der Waals surface area contributed by atoms with E-state index in [4.69, 9.17) is 0 Å². The predicted octanol–water partition coefficient (Wildman–Crippen LogP) is 1.90. The third-order valence-electron chi connectivity index (χ3n) is 1.98. The van der Waals surface area contributed by atoms with E-state index in [1.165, 1.54) is 0 Å². The second kappa shape index (κ2) is 2.70. The van der Waals surface area contributed by atoms with Gasteiger partial charge >= 0.3 is 5.63 Å². The summed E-state index contributed by atoms with van der Waals surface area (Å²) in [6.45, 7) is 3.72. The van der Waals surface area contributed by atoms with E-state index in [2.05, 4.69) is 30.6 Å². The number of halogens is 1. The van der Waals surface area contributed by atoms with Gasteiger partial charge < -0.3 is 4.52 Å². The van der Waals surface area contributed by atoms with Gasteiger partial charge in [-0.3, -0.25) is 0 Å². The number of hydrogen-bond donors (Lipinski definition) is 1. The maximum absolute atomic E-state index is 11.2. The third kappa shape index (κ3) is 1.11. The number of pyridine rings is 1. The van der Waals surface area contributed by atoms with Crippen molar-refractivity contribution in [2.75, 3.05) is 0 Å². The smallest absolute Gasteiger partial charge is 0.336 e. The SMILES string of the molecule is Cc1nc2[nH]oc(=O)c2c(C)c1Br. The van der Waals surface area contributed by atoms with Gasteiger partial charge in [0.05, 0.1) is 5.69 Å². The molecule has 0 spiro atoms. The molecule has 2 rings (SSSR count). The van der Waals surface area contributed by atoms with Crippen LogP contribution in [-0.2, 0) is 0 Å². The van der Waals surface area contributed by atoms with Crippen molar-refractivity contribution in [3.05, 3.63) is 26.2 Å². The molecule has 0 amide bonds. The molecule has 4 nitrogen and oxygen atoms in total. The summed E-state index contributed by atoms with van der Waals surface area (Å²) >= 11 is 3.36. The molecule has 0 atom stereocenters. The van der Waals surface area contributed by atoms with Crippen LogP contribution in [-0.4, -0.2) is 10.1 Å². The molecular weight excluding hydrogens is 236 g/mol. The van der Waals surface area contributed by atoms with Gasteiger partial charge in [0.25, 0.3) is 0 Å². The molecule has 5 heteroatoms. The number of hydrogen-bond acceptors (Lipinski definition) is 3. The highest BCUT2D eigenvalue weighted by Gasteiger charge is 2.12. The molecule has 0 fully saturated rings. The zero-order valence-corrected chi connectivity index (χ0v) is 8.73. The summed E-state index contributed by atoms with van der Waals surface area (Å²) in [5, 5.41) is 2.99. The fourth-order valence-corrected chi connectivity index (χ4v) is 1.59. The summed E-state index contributed by atoms with van der Waals surface area (Å²) in [6.07, 6.45) is 0. The molecule has 2 heterocycles. The van der Waals surface area contributed by atoms with E-state index in [0.29, 0.717) is 11.0 Å². The van der Waals surface area contributed by atoms with Gasteiger partial charge in [0.1, 0.15) is 5.39 Å². The van der Waals surface area contributed by atoms with Crippen LogP contribution in [0.1, 0.15) is 11.3 Å².